The van der Waals surface area contributed by atoms with Gasteiger partial charge in [0.05, 0.1) is 12.3 Å². The molecule has 0 bridgehead atoms. The molecule has 1 aromatic rings. The van der Waals surface area contributed by atoms with Gasteiger partial charge in [0.15, 0.2) is 5.78 Å². The zero-order valence-corrected chi connectivity index (χ0v) is 12.0. The molecule has 4 nitrogen and oxygen atoms in total. The second-order valence-electron chi connectivity index (χ2n) is 6.46. The number of allylic oxidation sites excluding steroid dienone is 2. The normalized spacial score (nSPS) is 30.8. The number of hydrogen-bond donors (Lipinski definition) is 0. The van der Waals surface area contributed by atoms with Gasteiger partial charge in [0.25, 0.3) is 0 Å². The average Bonchev–Trinajstić information content (AvgIpc) is 2.43. The SMILES string of the molecule is [C-]#[N+]C1=C[C@]2(C)c3ncncc3CC[C@H]2C(C)(C)C1=O. The summed E-state index contributed by atoms with van der Waals surface area (Å²) in [6.45, 7) is 13.3. The maximum absolute atomic E-state index is 12.5. The molecular formula is C16H17N3O. The number of aryl methyl sites for hydroxylation is 1. The molecule has 1 aromatic heterocycles. The van der Waals surface area contributed by atoms with Crippen molar-refractivity contribution in [3.05, 3.63) is 47.0 Å². The fourth-order valence-electron chi connectivity index (χ4n) is 3.99. The van der Waals surface area contributed by atoms with E-state index in [2.05, 4.69) is 21.7 Å². The molecule has 0 spiro atoms. The smallest absolute Gasteiger partial charge is 0.226 e. The molecule has 4 heteroatoms. The third kappa shape index (κ3) is 1.49. The van der Waals surface area contributed by atoms with Crippen LogP contribution in [0, 0.1) is 17.9 Å². The van der Waals surface area contributed by atoms with Crippen LogP contribution in [0.4, 0.5) is 0 Å². The van der Waals surface area contributed by atoms with Gasteiger partial charge < -0.3 is 4.79 Å². The Labute approximate surface area is 118 Å². The van der Waals surface area contributed by atoms with Crippen LogP contribution in [-0.4, -0.2) is 15.8 Å². The zero-order valence-electron chi connectivity index (χ0n) is 12.0. The summed E-state index contributed by atoms with van der Waals surface area (Å²) >= 11 is 0. The summed E-state index contributed by atoms with van der Waals surface area (Å²) in [7, 11) is 0. The molecule has 0 N–H and O–H groups in total. The van der Waals surface area contributed by atoms with Crippen molar-refractivity contribution in [3.8, 4) is 0 Å². The molecule has 0 aromatic carbocycles. The largest absolute Gasteiger partial charge is 0.307 e. The van der Waals surface area contributed by atoms with Gasteiger partial charge in [0.2, 0.25) is 5.70 Å². The molecule has 0 unspecified atom stereocenters. The Bertz CT molecular complexity index is 669. The fourth-order valence-corrected chi connectivity index (χ4v) is 3.99. The maximum atomic E-state index is 12.5. The molecule has 0 saturated carbocycles. The van der Waals surface area contributed by atoms with Gasteiger partial charge >= 0.3 is 0 Å². The number of aromatic nitrogens is 2. The molecule has 0 aliphatic heterocycles. The first-order chi connectivity index (χ1) is 9.41. The minimum atomic E-state index is -0.522. The molecule has 0 saturated heterocycles. The van der Waals surface area contributed by atoms with E-state index in [1.165, 1.54) is 0 Å². The summed E-state index contributed by atoms with van der Waals surface area (Å²) in [5, 5.41) is 0. The molecule has 0 fully saturated rings. The predicted octanol–water partition coefficient (Wildman–Crippen LogP) is 2.71. The second kappa shape index (κ2) is 3.99. The van der Waals surface area contributed by atoms with Crippen LogP contribution >= 0.6 is 0 Å². The van der Waals surface area contributed by atoms with Crippen LogP contribution in [-0.2, 0) is 16.6 Å². The molecule has 0 amide bonds. The van der Waals surface area contributed by atoms with Gasteiger partial charge in [-0.15, -0.1) is 0 Å². The highest BCUT2D eigenvalue weighted by Crippen LogP contribution is 2.53. The van der Waals surface area contributed by atoms with Crippen LogP contribution in [0.2, 0.25) is 0 Å². The van der Waals surface area contributed by atoms with Crippen molar-refractivity contribution in [1.29, 1.82) is 0 Å². The van der Waals surface area contributed by atoms with E-state index in [1.807, 2.05) is 26.1 Å². The van der Waals surface area contributed by atoms with Crippen LogP contribution in [0.15, 0.2) is 24.3 Å². The lowest BCUT2D eigenvalue weighted by Gasteiger charge is -2.50. The van der Waals surface area contributed by atoms with Gasteiger partial charge in [-0.1, -0.05) is 26.8 Å². The Hall–Kier alpha value is -2.02. The van der Waals surface area contributed by atoms with Gasteiger partial charge in [-0.05, 0) is 24.3 Å². The predicted molar refractivity (Wildman–Crippen MR) is 74.7 cm³/mol. The molecular weight excluding hydrogens is 250 g/mol. The van der Waals surface area contributed by atoms with Crippen LogP contribution in [0.1, 0.15) is 38.4 Å². The average molecular weight is 267 g/mol. The summed E-state index contributed by atoms with van der Waals surface area (Å²) in [6.07, 6.45) is 7.08. The van der Waals surface area contributed by atoms with Crippen LogP contribution in [0.5, 0.6) is 0 Å². The highest BCUT2D eigenvalue weighted by molar-refractivity contribution is 6.02. The van der Waals surface area contributed by atoms with Crippen molar-refractivity contribution in [2.75, 3.05) is 0 Å². The topological polar surface area (TPSA) is 47.2 Å². The Balaban J connectivity index is 2.28. The second-order valence-corrected chi connectivity index (χ2v) is 6.46. The molecule has 2 aliphatic rings. The highest BCUT2D eigenvalue weighted by Gasteiger charge is 2.54. The lowest BCUT2D eigenvalue weighted by Crippen LogP contribution is -2.51. The summed E-state index contributed by atoms with van der Waals surface area (Å²) in [4.78, 5) is 24.5. The lowest BCUT2D eigenvalue weighted by molar-refractivity contribution is -0.128. The third-order valence-corrected chi connectivity index (χ3v) is 4.97. The van der Waals surface area contributed by atoms with Crippen molar-refractivity contribution in [2.24, 2.45) is 11.3 Å². The number of rotatable bonds is 0. The van der Waals surface area contributed by atoms with Gasteiger partial charge in [-0.2, -0.15) is 0 Å². The number of ketones is 1. The first kappa shape index (κ1) is 13.0. The van der Waals surface area contributed by atoms with Crippen LogP contribution in [0.3, 0.4) is 0 Å². The van der Waals surface area contributed by atoms with Crippen molar-refractivity contribution in [3.63, 3.8) is 0 Å². The molecule has 102 valence electrons. The van der Waals surface area contributed by atoms with E-state index in [0.717, 1.165) is 24.1 Å². The van der Waals surface area contributed by atoms with Crippen molar-refractivity contribution in [1.82, 2.24) is 9.97 Å². The minimum absolute atomic E-state index is 0.0347. The number of carbonyl (C=O) groups is 1. The molecule has 2 aliphatic carbocycles. The highest BCUT2D eigenvalue weighted by atomic mass is 16.1. The van der Waals surface area contributed by atoms with E-state index in [9.17, 15) is 4.79 Å². The number of fused-ring (bicyclic) bond motifs is 3. The lowest BCUT2D eigenvalue weighted by atomic mass is 9.53. The van der Waals surface area contributed by atoms with Crippen molar-refractivity contribution in [2.45, 2.75) is 39.0 Å². The number of carbonyl (C=O) groups excluding carboxylic acids is 1. The molecule has 0 radical (unpaired) electrons. The van der Waals surface area contributed by atoms with E-state index < -0.39 is 5.41 Å². The Kier molecular flexibility index (Phi) is 2.59. The van der Waals surface area contributed by atoms with Gasteiger partial charge in [-0.3, -0.25) is 0 Å². The standard InChI is InChI=1S/C16H17N3O/c1-15(2)12-6-5-10-8-18-9-19-13(10)16(12,3)7-11(17-4)14(15)20/h7-9,12H,5-6H2,1-3H3/t12-,16-/m0/s1. The first-order valence-corrected chi connectivity index (χ1v) is 6.85. The molecule has 20 heavy (non-hydrogen) atoms. The van der Waals surface area contributed by atoms with E-state index in [1.54, 1.807) is 6.33 Å². The monoisotopic (exact) mass is 267 g/mol. The summed E-state index contributed by atoms with van der Waals surface area (Å²) < 4.78 is 0. The van der Waals surface area contributed by atoms with Crippen molar-refractivity contribution < 1.29 is 4.79 Å². The Morgan fingerprint density at radius 1 is 1.40 bits per heavy atom. The van der Waals surface area contributed by atoms with E-state index >= 15 is 0 Å². The van der Waals surface area contributed by atoms with Gasteiger partial charge in [0.1, 0.15) is 6.33 Å². The Morgan fingerprint density at radius 3 is 2.85 bits per heavy atom. The summed E-state index contributed by atoms with van der Waals surface area (Å²) in [5.74, 6) is 0.142. The minimum Gasteiger partial charge on any atom is -0.307 e. The number of Topliss-reactive ketones (excluding diaryl/α,β-unsaturated/α-hetero) is 1. The fraction of sp³-hybridized carbons (Fsp3) is 0.500. The van der Waals surface area contributed by atoms with Crippen LogP contribution in [0.25, 0.3) is 4.85 Å². The van der Waals surface area contributed by atoms with Crippen LogP contribution < -0.4 is 0 Å². The summed E-state index contributed by atoms with van der Waals surface area (Å²) in [6, 6.07) is 0. The van der Waals surface area contributed by atoms with E-state index in [-0.39, 0.29) is 22.8 Å². The zero-order chi connectivity index (χ0) is 14.5. The van der Waals surface area contributed by atoms with E-state index in [0.29, 0.717) is 0 Å². The van der Waals surface area contributed by atoms with Gasteiger partial charge in [-0.25, -0.2) is 14.8 Å². The molecule has 2 atom stereocenters. The van der Waals surface area contributed by atoms with E-state index in [4.69, 9.17) is 6.57 Å². The quantitative estimate of drug-likeness (QED) is 0.679. The number of nitrogens with zero attached hydrogens (tertiary/aromatic N) is 3. The first-order valence-electron chi connectivity index (χ1n) is 6.85. The molecule has 3 rings (SSSR count). The summed E-state index contributed by atoms with van der Waals surface area (Å²) in [5.41, 5.74) is 1.49. The number of hydrogen-bond acceptors (Lipinski definition) is 3. The molecule has 1 heterocycles. The van der Waals surface area contributed by atoms with Crippen molar-refractivity contribution >= 4 is 5.78 Å². The van der Waals surface area contributed by atoms with Gasteiger partial charge in [0, 0.05) is 17.0 Å². The Morgan fingerprint density at radius 2 is 2.15 bits per heavy atom. The maximum Gasteiger partial charge on any atom is 0.226 e. The third-order valence-electron chi connectivity index (χ3n) is 4.97.